The summed E-state index contributed by atoms with van der Waals surface area (Å²) in [5, 5.41) is 7.51. The minimum Gasteiger partial charge on any atom is -0.478 e. The number of hydrogen-bond acceptors (Lipinski definition) is 5. The Kier molecular flexibility index (Phi) is 4.33. The van der Waals surface area contributed by atoms with Crippen molar-refractivity contribution in [2.45, 2.75) is 20.3 Å². The third-order valence-electron chi connectivity index (χ3n) is 2.56. The first-order valence-corrected chi connectivity index (χ1v) is 6.38. The van der Waals surface area contributed by atoms with E-state index in [0.29, 0.717) is 18.4 Å². The van der Waals surface area contributed by atoms with Gasteiger partial charge in [0.1, 0.15) is 0 Å². The van der Waals surface area contributed by atoms with E-state index in [1.54, 1.807) is 4.68 Å². The number of rotatable bonds is 6. The monoisotopic (exact) mass is 261 g/mol. The van der Waals surface area contributed by atoms with Crippen molar-refractivity contribution in [2.75, 3.05) is 18.5 Å². The van der Waals surface area contributed by atoms with Crippen LogP contribution in [-0.4, -0.2) is 32.9 Å². The molecule has 6 nitrogen and oxygen atoms in total. The fraction of sp³-hybridized carbons (Fsp3) is 0.462. The number of anilines is 1. The van der Waals surface area contributed by atoms with Gasteiger partial charge in [-0.3, -0.25) is 4.68 Å². The van der Waals surface area contributed by atoms with Crippen LogP contribution in [0.5, 0.6) is 5.88 Å². The Morgan fingerprint density at radius 1 is 1.37 bits per heavy atom. The molecule has 0 aliphatic rings. The highest BCUT2D eigenvalue weighted by Crippen LogP contribution is 2.11. The lowest BCUT2D eigenvalue weighted by molar-refractivity contribution is 0.326. The molecule has 0 fully saturated rings. The summed E-state index contributed by atoms with van der Waals surface area (Å²) < 4.78 is 7.19. The molecule has 0 radical (unpaired) electrons. The molecule has 0 saturated heterocycles. The molecule has 2 rings (SSSR count). The van der Waals surface area contributed by atoms with Crippen LogP contribution in [0.2, 0.25) is 0 Å². The molecule has 0 atom stereocenters. The summed E-state index contributed by atoms with van der Waals surface area (Å²) in [6, 6.07) is 3.83. The van der Waals surface area contributed by atoms with Crippen molar-refractivity contribution in [3.8, 4) is 5.88 Å². The van der Waals surface area contributed by atoms with Crippen LogP contribution in [0, 0.1) is 6.92 Å². The molecule has 0 saturated carbocycles. The van der Waals surface area contributed by atoms with Crippen molar-refractivity contribution in [1.82, 2.24) is 19.7 Å². The van der Waals surface area contributed by atoms with Crippen LogP contribution in [0.1, 0.15) is 18.3 Å². The van der Waals surface area contributed by atoms with Gasteiger partial charge in [0, 0.05) is 38.0 Å². The minimum absolute atomic E-state index is 0.597. The van der Waals surface area contributed by atoms with E-state index in [1.165, 1.54) is 0 Å². The lowest BCUT2D eigenvalue weighted by Crippen LogP contribution is -2.10. The SMILES string of the molecule is CCOc1cc(C)nc(NCCc2ccn(C)n2)n1. The topological polar surface area (TPSA) is 64.9 Å². The number of aromatic nitrogens is 4. The van der Waals surface area contributed by atoms with Crippen molar-refractivity contribution >= 4 is 5.95 Å². The van der Waals surface area contributed by atoms with E-state index in [-0.39, 0.29) is 0 Å². The van der Waals surface area contributed by atoms with E-state index in [0.717, 1.165) is 24.4 Å². The van der Waals surface area contributed by atoms with Crippen molar-refractivity contribution in [1.29, 1.82) is 0 Å². The van der Waals surface area contributed by atoms with Gasteiger partial charge in [-0.25, -0.2) is 4.98 Å². The Bertz CT molecular complexity index is 538. The van der Waals surface area contributed by atoms with Gasteiger partial charge in [-0.2, -0.15) is 10.1 Å². The molecule has 2 aromatic heterocycles. The lowest BCUT2D eigenvalue weighted by atomic mass is 10.3. The standard InChI is InChI=1S/C13H19N5O/c1-4-19-12-9-10(2)15-13(16-12)14-7-5-11-6-8-18(3)17-11/h6,8-9H,4-5,7H2,1-3H3,(H,14,15,16). The fourth-order valence-corrected chi connectivity index (χ4v) is 1.74. The van der Waals surface area contributed by atoms with Crippen LogP contribution in [0.3, 0.4) is 0 Å². The predicted molar refractivity (Wildman–Crippen MR) is 73.3 cm³/mol. The van der Waals surface area contributed by atoms with Gasteiger partial charge >= 0.3 is 0 Å². The first-order valence-electron chi connectivity index (χ1n) is 6.38. The Labute approximate surface area is 112 Å². The van der Waals surface area contributed by atoms with E-state index in [1.807, 2.05) is 39.2 Å². The molecule has 0 aliphatic heterocycles. The maximum Gasteiger partial charge on any atom is 0.226 e. The number of nitrogens with zero attached hydrogens (tertiary/aromatic N) is 4. The zero-order valence-corrected chi connectivity index (χ0v) is 11.6. The summed E-state index contributed by atoms with van der Waals surface area (Å²) in [6.45, 7) is 5.20. The summed E-state index contributed by atoms with van der Waals surface area (Å²) in [5.74, 6) is 1.20. The van der Waals surface area contributed by atoms with Crippen LogP contribution in [0.4, 0.5) is 5.95 Å². The van der Waals surface area contributed by atoms with Gasteiger partial charge in [-0.05, 0) is 19.9 Å². The van der Waals surface area contributed by atoms with E-state index in [2.05, 4.69) is 20.4 Å². The lowest BCUT2D eigenvalue weighted by Gasteiger charge is -2.07. The minimum atomic E-state index is 0.597. The average Bonchev–Trinajstić information content (AvgIpc) is 2.75. The Hall–Kier alpha value is -2.11. The average molecular weight is 261 g/mol. The number of aryl methyl sites for hydroxylation is 2. The first-order chi connectivity index (χ1) is 9.17. The Balaban J connectivity index is 1.91. The maximum atomic E-state index is 5.39. The molecular formula is C13H19N5O. The molecule has 2 heterocycles. The van der Waals surface area contributed by atoms with Crippen LogP contribution < -0.4 is 10.1 Å². The maximum absolute atomic E-state index is 5.39. The van der Waals surface area contributed by atoms with Gasteiger partial charge in [-0.15, -0.1) is 0 Å². The summed E-state index contributed by atoms with van der Waals surface area (Å²) in [5.41, 5.74) is 1.94. The highest BCUT2D eigenvalue weighted by atomic mass is 16.5. The molecule has 102 valence electrons. The van der Waals surface area contributed by atoms with Crippen LogP contribution in [0.15, 0.2) is 18.3 Å². The molecule has 0 bridgehead atoms. The number of ether oxygens (including phenoxy) is 1. The normalized spacial score (nSPS) is 10.5. The van der Waals surface area contributed by atoms with Gasteiger partial charge in [0.2, 0.25) is 11.8 Å². The zero-order chi connectivity index (χ0) is 13.7. The Morgan fingerprint density at radius 2 is 2.21 bits per heavy atom. The third-order valence-corrected chi connectivity index (χ3v) is 2.56. The zero-order valence-electron chi connectivity index (χ0n) is 11.6. The van der Waals surface area contributed by atoms with Crippen molar-refractivity contribution in [3.05, 3.63) is 29.7 Å². The summed E-state index contributed by atoms with van der Waals surface area (Å²) in [4.78, 5) is 8.61. The largest absolute Gasteiger partial charge is 0.478 e. The van der Waals surface area contributed by atoms with E-state index < -0.39 is 0 Å². The van der Waals surface area contributed by atoms with Gasteiger partial charge in [0.05, 0.1) is 12.3 Å². The molecule has 0 spiro atoms. The molecule has 2 aromatic rings. The molecular weight excluding hydrogens is 242 g/mol. The molecule has 0 aromatic carbocycles. The van der Waals surface area contributed by atoms with Gasteiger partial charge < -0.3 is 10.1 Å². The first kappa shape index (κ1) is 13.3. The Morgan fingerprint density at radius 3 is 2.89 bits per heavy atom. The number of hydrogen-bond donors (Lipinski definition) is 1. The van der Waals surface area contributed by atoms with E-state index in [4.69, 9.17) is 4.74 Å². The van der Waals surface area contributed by atoms with E-state index in [9.17, 15) is 0 Å². The fourth-order valence-electron chi connectivity index (χ4n) is 1.74. The quantitative estimate of drug-likeness (QED) is 0.855. The molecule has 0 unspecified atom stereocenters. The van der Waals surface area contributed by atoms with Crippen molar-refractivity contribution in [2.24, 2.45) is 7.05 Å². The molecule has 19 heavy (non-hydrogen) atoms. The third kappa shape index (κ3) is 3.94. The molecule has 0 amide bonds. The highest BCUT2D eigenvalue weighted by Gasteiger charge is 2.03. The smallest absolute Gasteiger partial charge is 0.226 e. The van der Waals surface area contributed by atoms with Crippen molar-refractivity contribution < 1.29 is 4.74 Å². The molecule has 6 heteroatoms. The van der Waals surface area contributed by atoms with Gasteiger partial charge in [-0.1, -0.05) is 0 Å². The van der Waals surface area contributed by atoms with Crippen LogP contribution in [0.25, 0.3) is 0 Å². The van der Waals surface area contributed by atoms with Crippen LogP contribution in [-0.2, 0) is 13.5 Å². The summed E-state index contributed by atoms with van der Waals surface area (Å²) in [6.07, 6.45) is 2.77. The second-order valence-electron chi connectivity index (χ2n) is 4.26. The highest BCUT2D eigenvalue weighted by molar-refractivity contribution is 5.30. The molecule has 0 aliphatic carbocycles. The van der Waals surface area contributed by atoms with Crippen LogP contribution >= 0.6 is 0 Å². The second-order valence-corrected chi connectivity index (χ2v) is 4.26. The summed E-state index contributed by atoms with van der Waals surface area (Å²) in [7, 11) is 1.91. The van der Waals surface area contributed by atoms with E-state index >= 15 is 0 Å². The van der Waals surface area contributed by atoms with Gasteiger partial charge in [0.25, 0.3) is 0 Å². The number of nitrogens with one attached hydrogen (secondary N) is 1. The van der Waals surface area contributed by atoms with Crippen molar-refractivity contribution in [3.63, 3.8) is 0 Å². The molecule has 1 N–H and O–H groups in total. The summed E-state index contributed by atoms with van der Waals surface area (Å²) >= 11 is 0. The predicted octanol–water partition coefficient (Wildman–Crippen LogP) is 1.57. The second kappa shape index (κ2) is 6.17. The van der Waals surface area contributed by atoms with Gasteiger partial charge in [0.15, 0.2) is 0 Å².